The average molecular weight is 342 g/mol. The second kappa shape index (κ2) is 8.92. The van der Waals surface area contributed by atoms with Crippen molar-refractivity contribution in [2.75, 3.05) is 11.9 Å². The molecule has 134 valence electrons. The average Bonchev–Trinajstić information content (AvgIpc) is 2.99. The van der Waals surface area contributed by atoms with Crippen molar-refractivity contribution in [2.45, 2.75) is 32.7 Å². The van der Waals surface area contributed by atoms with Crippen molar-refractivity contribution < 1.29 is 9.53 Å². The SMILES string of the molecule is C=C(C)COc1cccc(NC(=O)NC(CCC)c2nccn2C)c1. The van der Waals surface area contributed by atoms with Crippen LogP contribution in [0, 0.1) is 0 Å². The van der Waals surface area contributed by atoms with Crippen LogP contribution in [-0.2, 0) is 7.05 Å². The van der Waals surface area contributed by atoms with Crippen LogP contribution in [0.1, 0.15) is 38.6 Å². The number of ether oxygens (including phenoxy) is 1. The summed E-state index contributed by atoms with van der Waals surface area (Å²) in [7, 11) is 1.92. The largest absolute Gasteiger partial charge is 0.489 e. The maximum atomic E-state index is 12.4. The number of nitrogens with zero attached hydrogens (tertiary/aromatic N) is 2. The number of hydrogen-bond acceptors (Lipinski definition) is 3. The zero-order chi connectivity index (χ0) is 18.2. The molecule has 1 atom stereocenters. The minimum absolute atomic E-state index is 0.132. The Morgan fingerprint density at radius 1 is 1.44 bits per heavy atom. The van der Waals surface area contributed by atoms with E-state index in [-0.39, 0.29) is 12.1 Å². The van der Waals surface area contributed by atoms with Crippen molar-refractivity contribution in [3.05, 3.63) is 54.6 Å². The van der Waals surface area contributed by atoms with Crippen LogP contribution in [0.3, 0.4) is 0 Å². The maximum absolute atomic E-state index is 12.4. The van der Waals surface area contributed by atoms with Crippen molar-refractivity contribution in [3.63, 3.8) is 0 Å². The lowest BCUT2D eigenvalue weighted by Gasteiger charge is -2.18. The summed E-state index contributed by atoms with van der Waals surface area (Å²) in [5.41, 5.74) is 1.61. The number of urea groups is 1. The first-order valence-corrected chi connectivity index (χ1v) is 8.41. The van der Waals surface area contributed by atoms with Crippen LogP contribution < -0.4 is 15.4 Å². The molecule has 0 bridgehead atoms. The quantitative estimate of drug-likeness (QED) is 0.712. The van der Waals surface area contributed by atoms with Crippen LogP contribution in [0.15, 0.2) is 48.8 Å². The van der Waals surface area contributed by atoms with Gasteiger partial charge in [0, 0.05) is 31.2 Å². The maximum Gasteiger partial charge on any atom is 0.319 e. The molecule has 0 aliphatic heterocycles. The highest BCUT2D eigenvalue weighted by molar-refractivity contribution is 5.89. The number of rotatable bonds is 8. The summed E-state index contributed by atoms with van der Waals surface area (Å²) in [6.07, 6.45) is 5.38. The summed E-state index contributed by atoms with van der Waals surface area (Å²) in [6.45, 7) is 8.25. The molecular formula is C19H26N4O2. The first-order chi connectivity index (χ1) is 12.0. The molecule has 1 aromatic heterocycles. The van der Waals surface area contributed by atoms with Gasteiger partial charge in [-0.3, -0.25) is 0 Å². The van der Waals surface area contributed by atoms with Crippen molar-refractivity contribution in [2.24, 2.45) is 7.05 Å². The molecule has 0 spiro atoms. The van der Waals surface area contributed by atoms with E-state index in [0.717, 1.165) is 24.2 Å². The molecule has 2 amide bonds. The van der Waals surface area contributed by atoms with Crippen LogP contribution in [0.2, 0.25) is 0 Å². The Kier molecular flexibility index (Phi) is 6.62. The monoisotopic (exact) mass is 342 g/mol. The second-order valence-corrected chi connectivity index (χ2v) is 6.11. The van der Waals surface area contributed by atoms with Crippen molar-refractivity contribution >= 4 is 11.7 Å². The molecule has 0 saturated carbocycles. The molecule has 1 unspecified atom stereocenters. The van der Waals surface area contributed by atoms with Gasteiger partial charge < -0.3 is 19.9 Å². The Labute approximate surface area is 148 Å². The van der Waals surface area contributed by atoms with Crippen LogP contribution in [0.5, 0.6) is 5.75 Å². The Morgan fingerprint density at radius 3 is 2.88 bits per heavy atom. The highest BCUT2D eigenvalue weighted by Crippen LogP contribution is 2.19. The number of nitrogens with one attached hydrogen (secondary N) is 2. The molecule has 6 nitrogen and oxygen atoms in total. The second-order valence-electron chi connectivity index (χ2n) is 6.11. The van der Waals surface area contributed by atoms with E-state index in [1.165, 1.54) is 0 Å². The number of benzene rings is 1. The van der Waals surface area contributed by atoms with E-state index in [1.807, 2.05) is 42.9 Å². The van der Waals surface area contributed by atoms with Crippen LogP contribution in [0.25, 0.3) is 0 Å². The highest BCUT2D eigenvalue weighted by atomic mass is 16.5. The molecule has 6 heteroatoms. The lowest BCUT2D eigenvalue weighted by Crippen LogP contribution is -2.33. The van der Waals surface area contributed by atoms with E-state index in [4.69, 9.17) is 4.74 Å². The minimum Gasteiger partial charge on any atom is -0.489 e. The summed E-state index contributed by atoms with van der Waals surface area (Å²) in [5, 5.41) is 5.84. The molecule has 25 heavy (non-hydrogen) atoms. The lowest BCUT2D eigenvalue weighted by atomic mass is 10.1. The van der Waals surface area contributed by atoms with Gasteiger partial charge >= 0.3 is 6.03 Å². The molecule has 0 fully saturated rings. The Hall–Kier alpha value is -2.76. The number of aryl methyl sites for hydroxylation is 1. The molecule has 0 saturated heterocycles. The number of carbonyl (C=O) groups is 1. The zero-order valence-corrected chi connectivity index (χ0v) is 15.1. The molecule has 0 aliphatic carbocycles. The third-order valence-corrected chi connectivity index (χ3v) is 3.63. The molecule has 2 aromatic rings. The van der Waals surface area contributed by atoms with Crippen molar-refractivity contribution in [3.8, 4) is 5.75 Å². The fourth-order valence-corrected chi connectivity index (χ4v) is 2.46. The minimum atomic E-state index is -0.265. The van der Waals surface area contributed by atoms with Gasteiger partial charge in [-0.1, -0.05) is 26.0 Å². The van der Waals surface area contributed by atoms with Crippen LogP contribution in [-0.4, -0.2) is 22.2 Å². The predicted octanol–water partition coefficient (Wildman–Crippen LogP) is 4.04. The van der Waals surface area contributed by atoms with E-state index in [9.17, 15) is 4.79 Å². The molecular weight excluding hydrogens is 316 g/mol. The van der Waals surface area contributed by atoms with E-state index in [1.54, 1.807) is 12.3 Å². The first kappa shape index (κ1) is 18.6. The van der Waals surface area contributed by atoms with E-state index in [2.05, 4.69) is 29.1 Å². The number of aromatic nitrogens is 2. The molecule has 2 N–H and O–H groups in total. The smallest absolute Gasteiger partial charge is 0.319 e. The fraction of sp³-hybridized carbons (Fsp3) is 0.368. The molecule has 1 heterocycles. The summed E-state index contributed by atoms with van der Waals surface area (Å²) in [5.74, 6) is 1.53. The third-order valence-electron chi connectivity index (χ3n) is 3.63. The predicted molar refractivity (Wildman–Crippen MR) is 99.8 cm³/mol. The Bertz CT molecular complexity index is 724. The van der Waals surface area contributed by atoms with Gasteiger partial charge in [0.05, 0.1) is 6.04 Å². The van der Waals surface area contributed by atoms with Gasteiger partial charge in [0.15, 0.2) is 0 Å². The van der Waals surface area contributed by atoms with Crippen molar-refractivity contribution in [1.29, 1.82) is 0 Å². The third kappa shape index (κ3) is 5.67. The van der Waals surface area contributed by atoms with Gasteiger partial charge in [0.25, 0.3) is 0 Å². The van der Waals surface area contributed by atoms with Gasteiger partial charge in [0.1, 0.15) is 18.2 Å². The Balaban J connectivity index is 1.99. The van der Waals surface area contributed by atoms with Crippen LogP contribution in [0.4, 0.5) is 10.5 Å². The van der Waals surface area contributed by atoms with Gasteiger partial charge in [0.2, 0.25) is 0 Å². The lowest BCUT2D eigenvalue weighted by molar-refractivity contribution is 0.247. The Morgan fingerprint density at radius 2 is 2.24 bits per heavy atom. The number of amides is 2. The molecule has 0 aliphatic rings. The topological polar surface area (TPSA) is 68.2 Å². The van der Waals surface area contributed by atoms with E-state index in [0.29, 0.717) is 18.0 Å². The molecule has 2 rings (SSSR count). The molecule has 0 radical (unpaired) electrons. The van der Waals surface area contributed by atoms with Crippen LogP contribution >= 0.6 is 0 Å². The highest BCUT2D eigenvalue weighted by Gasteiger charge is 2.17. The summed E-state index contributed by atoms with van der Waals surface area (Å²) in [4.78, 5) is 16.7. The zero-order valence-electron chi connectivity index (χ0n) is 15.1. The van der Waals surface area contributed by atoms with Gasteiger partial charge in [-0.15, -0.1) is 0 Å². The number of carbonyl (C=O) groups excluding carboxylic acids is 1. The normalized spacial score (nSPS) is 11.6. The number of hydrogen-bond donors (Lipinski definition) is 2. The molecule has 1 aromatic carbocycles. The van der Waals surface area contributed by atoms with E-state index < -0.39 is 0 Å². The number of anilines is 1. The van der Waals surface area contributed by atoms with Gasteiger partial charge in [-0.2, -0.15) is 0 Å². The number of imidazole rings is 1. The van der Waals surface area contributed by atoms with Gasteiger partial charge in [-0.25, -0.2) is 9.78 Å². The van der Waals surface area contributed by atoms with E-state index >= 15 is 0 Å². The first-order valence-electron chi connectivity index (χ1n) is 8.41. The standard InChI is InChI=1S/C19H26N4O2/c1-5-7-17(18-20-10-11-23(18)4)22-19(24)21-15-8-6-9-16(12-15)25-13-14(2)3/h6,8-12,17H,2,5,7,13H2,1,3-4H3,(H2,21,22,24). The van der Waals surface area contributed by atoms with Crippen molar-refractivity contribution in [1.82, 2.24) is 14.9 Å². The summed E-state index contributed by atoms with van der Waals surface area (Å²) in [6, 6.07) is 6.90. The summed E-state index contributed by atoms with van der Waals surface area (Å²) < 4.78 is 7.52. The fourth-order valence-electron chi connectivity index (χ4n) is 2.46. The summed E-state index contributed by atoms with van der Waals surface area (Å²) >= 11 is 0. The van der Waals surface area contributed by atoms with Gasteiger partial charge in [-0.05, 0) is 31.1 Å².